The Morgan fingerprint density at radius 2 is 1.62 bits per heavy atom. The standard InChI is InChI=1S/C23H34O3/c1-15(2)20(24)22(6,7)11-10-12-23(8,9)26-21(25)19-14-16(3)13-17(4)18(19)5/h13-14H,1,10-12H2,2-9H3. The Morgan fingerprint density at radius 1 is 1.04 bits per heavy atom. The molecule has 1 aromatic rings. The van der Waals surface area contributed by atoms with E-state index in [2.05, 4.69) is 12.6 Å². The van der Waals surface area contributed by atoms with E-state index in [1.165, 1.54) is 0 Å². The van der Waals surface area contributed by atoms with Gasteiger partial charge < -0.3 is 4.74 Å². The van der Waals surface area contributed by atoms with E-state index in [0.29, 0.717) is 17.6 Å². The Labute approximate surface area is 158 Å². The van der Waals surface area contributed by atoms with Crippen molar-refractivity contribution < 1.29 is 14.3 Å². The summed E-state index contributed by atoms with van der Waals surface area (Å²) in [7, 11) is 0. The first-order chi connectivity index (χ1) is 11.8. The first-order valence-corrected chi connectivity index (χ1v) is 9.28. The summed E-state index contributed by atoms with van der Waals surface area (Å²) < 4.78 is 5.80. The van der Waals surface area contributed by atoms with E-state index in [4.69, 9.17) is 4.74 Å². The number of Topliss-reactive ketones (excluding diaryl/α,β-unsaturated/α-hetero) is 1. The molecule has 0 spiro atoms. The van der Waals surface area contributed by atoms with Gasteiger partial charge >= 0.3 is 5.97 Å². The quantitative estimate of drug-likeness (QED) is 0.430. The fourth-order valence-corrected chi connectivity index (χ4v) is 3.26. The molecule has 0 radical (unpaired) electrons. The molecule has 26 heavy (non-hydrogen) atoms. The van der Waals surface area contributed by atoms with Crippen LogP contribution >= 0.6 is 0 Å². The van der Waals surface area contributed by atoms with Gasteiger partial charge in [0.2, 0.25) is 0 Å². The first kappa shape index (κ1) is 22.1. The molecular formula is C23H34O3. The van der Waals surface area contributed by atoms with E-state index in [0.717, 1.165) is 29.5 Å². The summed E-state index contributed by atoms with van der Waals surface area (Å²) in [4.78, 5) is 24.9. The molecule has 0 atom stereocenters. The van der Waals surface area contributed by atoms with Gasteiger partial charge in [-0.15, -0.1) is 0 Å². The van der Waals surface area contributed by atoms with E-state index in [1.54, 1.807) is 6.92 Å². The van der Waals surface area contributed by atoms with Crippen molar-refractivity contribution in [3.05, 3.63) is 46.5 Å². The number of aryl methyl sites for hydroxylation is 2. The average molecular weight is 359 g/mol. The average Bonchev–Trinajstić information content (AvgIpc) is 2.48. The van der Waals surface area contributed by atoms with Crippen molar-refractivity contribution in [3.63, 3.8) is 0 Å². The minimum absolute atomic E-state index is 0.0955. The highest BCUT2D eigenvalue weighted by atomic mass is 16.6. The maximum absolute atomic E-state index is 12.7. The summed E-state index contributed by atoms with van der Waals surface area (Å²) >= 11 is 0. The monoisotopic (exact) mass is 358 g/mol. The van der Waals surface area contributed by atoms with Gasteiger partial charge in [0, 0.05) is 5.41 Å². The van der Waals surface area contributed by atoms with E-state index < -0.39 is 11.0 Å². The lowest BCUT2D eigenvalue weighted by molar-refractivity contribution is -0.123. The maximum Gasteiger partial charge on any atom is 0.338 e. The number of ether oxygens (including phenoxy) is 1. The van der Waals surface area contributed by atoms with Crippen LogP contribution in [0.1, 0.15) is 80.9 Å². The molecule has 144 valence electrons. The van der Waals surface area contributed by atoms with Crippen LogP contribution in [0, 0.1) is 26.2 Å². The molecule has 0 aromatic heterocycles. The molecule has 0 unspecified atom stereocenters. The van der Waals surface area contributed by atoms with Crippen LogP contribution in [0.15, 0.2) is 24.3 Å². The Bertz CT molecular complexity index is 708. The number of rotatable bonds is 8. The van der Waals surface area contributed by atoms with E-state index >= 15 is 0 Å². The topological polar surface area (TPSA) is 43.4 Å². The number of allylic oxidation sites excluding steroid dienone is 1. The number of carbonyl (C=O) groups excluding carboxylic acids is 2. The molecule has 0 saturated heterocycles. The number of benzene rings is 1. The lowest BCUT2D eigenvalue weighted by Gasteiger charge is -2.28. The molecule has 0 aliphatic carbocycles. The summed E-state index contributed by atoms with van der Waals surface area (Å²) in [6.07, 6.45) is 2.25. The minimum Gasteiger partial charge on any atom is -0.456 e. The highest BCUT2D eigenvalue weighted by Crippen LogP contribution is 2.30. The summed E-state index contributed by atoms with van der Waals surface area (Å²) in [5, 5.41) is 0. The van der Waals surface area contributed by atoms with Gasteiger partial charge in [0.1, 0.15) is 5.60 Å². The van der Waals surface area contributed by atoms with Crippen molar-refractivity contribution in [1.82, 2.24) is 0 Å². The zero-order valence-corrected chi connectivity index (χ0v) is 17.7. The first-order valence-electron chi connectivity index (χ1n) is 9.28. The number of esters is 1. The SMILES string of the molecule is C=C(C)C(=O)C(C)(C)CCCC(C)(C)OC(=O)c1cc(C)cc(C)c1C. The number of hydrogen-bond donors (Lipinski definition) is 0. The summed E-state index contributed by atoms with van der Waals surface area (Å²) in [6.45, 7) is 19.2. The summed E-state index contributed by atoms with van der Waals surface area (Å²) in [5.41, 5.74) is 3.32. The summed E-state index contributed by atoms with van der Waals surface area (Å²) in [6, 6.07) is 3.95. The fraction of sp³-hybridized carbons (Fsp3) is 0.565. The van der Waals surface area contributed by atoms with Crippen molar-refractivity contribution in [2.75, 3.05) is 0 Å². The van der Waals surface area contributed by atoms with Crippen LogP contribution in [0.25, 0.3) is 0 Å². The van der Waals surface area contributed by atoms with Crippen LogP contribution in [0.2, 0.25) is 0 Å². The highest BCUT2D eigenvalue weighted by Gasteiger charge is 2.30. The van der Waals surface area contributed by atoms with Crippen molar-refractivity contribution in [2.45, 2.75) is 80.3 Å². The predicted molar refractivity (Wildman–Crippen MR) is 108 cm³/mol. The van der Waals surface area contributed by atoms with Gasteiger partial charge in [-0.3, -0.25) is 4.79 Å². The molecule has 0 saturated carbocycles. The molecule has 1 rings (SSSR count). The largest absolute Gasteiger partial charge is 0.456 e. The van der Waals surface area contributed by atoms with Crippen molar-refractivity contribution in [2.24, 2.45) is 5.41 Å². The Hall–Kier alpha value is -1.90. The van der Waals surface area contributed by atoms with Crippen molar-refractivity contribution >= 4 is 11.8 Å². The van der Waals surface area contributed by atoms with Gasteiger partial charge in [-0.2, -0.15) is 0 Å². The van der Waals surface area contributed by atoms with Crippen LogP contribution < -0.4 is 0 Å². The third-order valence-corrected chi connectivity index (χ3v) is 4.98. The number of carbonyl (C=O) groups is 2. The highest BCUT2D eigenvalue weighted by molar-refractivity contribution is 5.98. The zero-order valence-electron chi connectivity index (χ0n) is 17.7. The second-order valence-electron chi connectivity index (χ2n) is 8.75. The second kappa shape index (κ2) is 8.20. The van der Waals surface area contributed by atoms with Gasteiger partial charge in [-0.1, -0.05) is 26.5 Å². The molecule has 1 aromatic carbocycles. The van der Waals surface area contributed by atoms with Crippen LogP contribution in [0.3, 0.4) is 0 Å². The summed E-state index contributed by atoms with van der Waals surface area (Å²) in [5.74, 6) is -0.185. The molecular weight excluding hydrogens is 324 g/mol. The van der Waals surface area contributed by atoms with E-state index in [9.17, 15) is 9.59 Å². The molecule has 3 heteroatoms. The Morgan fingerprint density at radius 3 is 2.15 bits per heavy atom. The van der Waals surface area contributed by atoms with E-state index in [-0.39, 0.29) is 11.8 Å². The van der Waals surface area contributed by atoms with Crippen LogP contribution in [0.5, 0.6) is 0 Å². The molecule has 0 bridgehead atoms. The molecule has 0 N–H and O–H groups in total. The predicted octanol–water partition coefficient (Wildman–Crippen LogP) is 5.89. The Kier molecular flexibility index (Phi) is 6.98. The molecule has 0 fully saturated rings. The smallest absolute Gasteiger partial charge is 0.338 e. The molecule has 0 amide bonds. The fourth-order valence-electron chi connectivity index (χ4n) is 3.26. The molecule has 3 nitrogen and oxygen atoms in total. The molecule has 0 aliphatic heterocycles. The third-order valence-electron chi connectivity index (χ3n) is 4.98. The molecule has 0 heterocycles. The number of ketones is 1. The van der Waals surface area contributed by atoms with Gasteiger partial charge in [0.05, 0.1) is 5.56 Å². The number of hydrogen-bond acceptors (Lipinski definition) is 3. The van der Waals surface area contributed by atoms with Crippen LogP contribution in [-0.2, 0) is 9.53 Å². The van der Waals surface area contributed by atoms with Crippen molar-refractivity contribution in [3.8, 4) is 0 Å². The maximum atomic E-state index is 12.7. The Balaban J connectivity index is 2.74. The van der Waals surface area contributed by atoms with E-state index in [1.807, 2.05) is 54.5 Å². The van der Waals surface area contributed by atoms with Gasteiger partial charge in [-0.05, 0) is 89.1 Å². The third kappa shape index (κ3) is 5.82. The molecule has 0 aliphatic rings. The lowest BCUT2D eigenvalue weighted by atomic mass is 9.79. The normalized spacial score (nSPS) is 12.0. The van der Waals surface area contributed by atoms with Crippen LogP contribution in [-0.4, -0.2) is 17.4 Å². The van der Waals surface area contributed by atoms with Crippen molar-refractivity contribution in [1.29, 1.82) is 0 Å². The van der Waals surface area contributed by atoms with Crippen LogP contribution in [0.4, 0.5) is 0 Å². The second-order valence-corrected chi connectivity index (χ2v) is 8.75. The minimum atomic E-state index is -0.580. The lowest BCUT2D eigenvalue weighted by Crippen LogP contribution is -2.30. The van der Waals surface area contributed by atoms with Gasteiger partial charge in [0.25, 0.3) is 0 Å². The van der Waals surface area contributed by atoms with Gasteiger partial charge in [-0.25, -0.2) is 4.79 Å². The zero-order chi connectivity index (χ0) is 20.3. The van der Waals surface area contributed by atoms with Gasteiger partial charge in [0.15, 0.2) is 5.78 Å².